The molecule has 10 nitrogen and oxygen atoms in total. The highest BCUT2D eigenvalue weighted by Gasteiger charge is 2.28. The Morgan fingerprint density at radius 1 is 1.18 bits per heavy atom. The quantitative estimate of drug-likeness (QED) is 0.219. The van der Waals surface area contributed by atoms with Gasteiger partial charge in [-0.25, -0.2) is 4.98 Å². The van der Waals surface area contributed by atoms with E-state index >= 15 is 0 Å². The molecule has 0 saturated carbocycles. The maximum atomic E-state index is 12.7. The zero-order chi connectivity index (χ0) is 28.1. The minimum absolute atomic E-state index is 0.0134. The fourth-order valence-electron chi connectivity index (χ4n) is 4.62. The SMILES string of the molecule is CC(C)Oc1cc(C2CCNCC2)ccc1Nc1ncc(Cl)c(Nc2cn(C)nc2C(C=O)C(=O)C(C)C)n1. The summed E-state index contributed by atoms with van der Waals surface area (Å²) in [5.74, 6) is 0.295. The molecule has 0 aliphatic carbocycles. The van der Waals surface area contributed by atoms with Gasteiger partial charge in [0.25, 0.3) is 0 Å². The van der Waals surface area contributed by atoms with Crippen LogP contribution < -0.4 is 20.7 Å². The molecule has 1 aliphatic heterocycles. The number of carbonyl (C=O) groups is 2. The van der Waals surface area contributed by atoms with E-state index in [2.05, 4.69) is 43.1 Å². The Morgan fingerprint density at radius 3 is 2.59 bits per heavy atom. The van der Waals surface area contributed by atoms with Crippen molar-refractivity contribution in [3.63, 3.8) is 0 Å². The maximum Gasteiger partial charge on any atom is 0.229 e. The fourth-order valence-corrected chi connectivity index (χ4v) is 4.76. The van der Waals surface area contributed by atoms with Crippen LogP contribution in [0, 0.1) is 5.92 Å². The molecular weight excluding hydrogens is 518 g/mol. The van der Waals surface area contributed by atoms with Crippen LogP contribution in [0.3, 0.4) is 0 Å². The Morgan fingerprint density at radius 2 is 1.92 bits per heavy atom. The van der Waals surface area contributed by atoms with Gasteiger partial charge in [0.05, 0.1) is 23.7 Å². The van der Waals surface area contributed by atoms with Gasteiger partial charge in [-0.2, -0.15) is 10.1 Å². The molecule has 4 rings (SSSR count). The molecule has 2 aromatic heterocycles. The molecule has 0 radical (unpaired) electrons. The average Bonchev–Trinajstić information content (AvgIpc) is 3.26. The molecule has 1 saturated heterocycles. The summed E-state index contributed by atoms with van der Waals surface area (Å²) in [6.45, 7) is 9.51. The summed E-state index contributed by atoms with van der Waals surface area (Å²) in [5, 5.41) is 14.4. The predicted octanol–water partition coefficient (Wildman–Crippen LogP) is 5.11. The topological polar surface area (TPSA) is 123 Å². The first-order chi connectivity index (χ1) is 18.7. The number of hydrogen-bond donors (Lipinski definition) is 3. The van der Waals surface area contributed by atoms with Gasteiger partial charge in [0.15, 0.2) is 11.6 Å². The highest BCUT2D eigenvalue weighted by Crippen LogP contribution is 2.35. The van der Waals surface area contributed by atoms with Crippen molar-refractivity contribution >= 4 is 46.8 Å². The normalized spacial score (nSPS) is 14.9. The molecule has 1 fully saturated rings. The lowest BCUT2D eigenvalue weighted by molar-refractivity contribution is -0.126. The number of aryl methyl sites for hydroxylation is 1. The monoisotopic (exact) mass is 553 g/mol. The standard InChI is InChI=1S/C28H36ClN7O3/c1-16(2)26(38)20(15-37)25-23(14-36(5)35-25)32-27-21(29)13-31-28(34-27)33-22-7-6-19(12-24(22)39-17(3)4)18-8-10-30-11-9-18/h6-7,12-18,20,30H,8-11H2,1-5H3,(H2,31,32,33,34). The summed E-state index contributed by atoms with van der Waals surface area (Å²) >= 11 is 6.43. The van der Waals surface area contributed by atoms with Crippen LogP contribution in [-0.2, 0) is 16.6 Å². The maximum absolute atomic E-state index is 12.7. The Kier molecular flexibility index (Phi) is 9.19. The second kappa shape index (κ2) is 12.6. The number of hydrogen-bond acceptors (Lipinski definition) is 9. The van der Waals surface area contributed by atoms with Crippen molar-refractivity contribution in [1.29, 1.82) is 0 Å². The van der Waals surface area contributed by atoms with E-state index in [0.29, 0.717) is 35.4 Å². The average molecular weight is 554 g/mol. The van der Waals surface area contributed by atoms with Gasteiger partial charge in [0.2, 0.25) is 5.95 Å². The van der Waals surface area contributed by atoms with E-state index in [9.17, 15) is 9.59 Å². The summed E-state index contributed by atoms with van der Waals surface area (Å²) in [4.78, 5) is 33.4. The van der Waals surface area contributed by atoms with Gasteiger partial charge in [-0.1, -0.05) is 31.5 Å². The summed E-state index contributed by atoms with van der Waals surface area (Å²) in [5.41, 5.74) is 2.77. The van der Waals surface area contributed by atoms with Crippen molar-refractivity contribution in [3.05, 3.63) is 46.9 Å². The summed E-state index contributed by atoms with van der Waals surface area (Å²) in [6, 6.07) is 6.21. The van der Waals surface area contributed by atoms with Crippen molar-refractivity contribution in [1.82, 2.24) is 25.1 Å². The van der Waals surface area contributed by atoms with Gasteiger partial charge >= 0.3 is 0 Å². The molecule has 39 heavy (non-hydrogen) atoms. The fraction of sp³-hybridized carbons (Fsp3) is 0.464. The highest BCUT2D eigenvalue weighted by atomic mass is 35.5. The number of halogens is 1. The predicted molar refractivity (Wildman–Crippen MR) is 153 cm³/mol. The van der Waals surface area contributed by atoms with Crippen LogP contribution in [0.5, 0.6) is 5.75 Å². The van der Waals surface area contributed by atoms with Crippen molar-refractivity contribution in [2.45, 2.75) is 58.5 Å². The third kappa shape index (κ3) is 6.93. The third-order valence-electron chi connectivity index (χ3n) is 6.59. The van der Waals surface area contributed by atoms with Crippen LogP contribution in [0.1, 0.15) is 63.6 Å². The number of nitrogens with one attached hydrogen (secondary N) is 3. The zero-order valence-corrected chi connectivity index (χ0v) is 23.7. The number of aromatic nitrogens is 4. The number of Topliss-reactive ketones (excluding diaryl/α,β-unsaturated/α-hetero) is 1. The second-order valence-electron chi connectivity index (χ2n) is 10.4. The number of benzene rings is 1. The number of carbonyl (C=O) groups excluding carboxylic acids is 2. The van der Waals surface area contributed by atoms with Gasteiger partial charge in [-0.15, -0.1) is 0 Å². The van der Waals surface area contributed by atoms with Gasteiger partial charge in [0, 0.05) is 19.2 Å². The number of anilines is 4. The highest BCUT2D eigenvalue weighted by molar-refractivity contribution is 6.33. The second-order valence-corrected chi connectivity index (χ2v) is 10.8. The Hall–Kier alpha value is -3.50. The first-order valence-corrected chi connectivity index (χ1v) is 13.6. The molecule has 3 N–H and O–H groups in total. The summed E-state index contributed by atoms with van der Waals surface area (Å²) < 4.78 is 7.68. The smallest absolute Gasteiger partial charge is 0.229 e. The molecule has 1 aromatic carbocycles. The van der Waals surface area contributed by atoms with E-state index in [-0.39, 0.29) is 22.8 Å². The molecule has 1 unspecified atom stereocenters. The molecule has 11 heteroatoms. The van der Waals surface area contributed by atoms with Crippen LogP contribution in [-0.4, -0.2) is 51.0 Å². The van der Waals surface area contributed by atoms with E-state index in [1.807, 2.05) is 19.9 Å². The number of piperidine rings is 1. The van der Waals surface area contributed by atoms with Gasteiger partial charge in [-0.3, -0.25) is 9.48 Å². The number of rotatable bonds is 11. The van der Waals surface area contributed by atoms with Crippen molar-refractivity contribution < 1.29 is 14.3 Å². The van der Waals surface area contributed by atoms with E-state index in [1.165, 1.54) is 16.4 Å². The van der Waals surface area contributed by atoms with Crippen LogP contribution in [0.2, 0.25) is 5.02 Å². The van der Waals surface area contributed by atoms with Gasteiger partial charge in [0.1, 0.15) is 28.7 Å². The number of ether oxygens (including phenoxy) is 1. The van der Waals surface area contributed by atoms with E-state index in [0.717, 1.165) is 37.4 Å². The zero-order valence-electron chi connectivity index (χ0n) is 23.0. The first kappa shape index (κ1) is 28.5. The molecule has 1 aliphatic rings. The molecular formula is C28H36ClN7O3. The molecule has 0 spiro atoms. The van der Waals surface area contributed by atoms with Crippen molar-refractivity contribution in [2.75, 3.05) is 23.7 Å². The Balaban J connectivity index is 1.61. The lowest BCUT2D eigenvalue weighted by Gasteiger charge is -2.24. The number of nitrogens with zero attached hydrogens (tertiary/aromatic N) is 4. The molecule has 1 atom stereocenters. The molecule has 208 valence electrons. The number of ketones is 1. The van der Waals surface area contributed by atoms with Crippen LogP contribution in [0.25, 0.3) is 0 Å². The van der Waals surface area contributed by atoms with E-state index in [4.69, 9.17) is 16.3 Å². The van der Waals surface area contributed by atoms with Gasteiger partial charge < -0.3 is 25.5 Å². The Bertz CT molecular complexity index is 1320. The van der Waals surface area contributed by atoms with Crippen molar-refractivity contribution in [3.8, 4) is 5.75 Å². The van der Waals surface area contributed by atoms with E-state index in [1.54, 1.807) is 27.1 Å². The third-order valence-corrected chi connectivity index (χ3v) is 6.86. The largest absolute Gasteiger partial charge is 0.489 e. The molecule has 3 heterocycles. The summed E-state index contributed by atoms with van der Waals surface area (Å²) in [7, 11) is 1.72. The van der Waals surface area contributed by atoms with Crippen LogP contribution in [0.15, 0.2) is 30.6 Å². The van der Waals surface area contributed by atoms with Crippen LogP contribution in [0.4, 0.5) is 23.1 Å². The van der Waals surface area contributed by atoms with Gasteiger partial charge in [-0.05, 0) is 63.4 Å². The lowest BCUT2D eigenvalue weighted by Crippen LogP contribution is -2.26. The Labute approximate surface area is 233 Å². The lowest BCUT2D eigenvalue weighted by atomic mass is 9.90. The number of aldehydes is 1. The molecule has 3 aromatic rings. The van der Waals surface area contributed by atoms with E-state index < -0.39 is 5.92 Å². The van der Waals surface area contributed by atoms with Crippen molar-refractivity contribution in [2.24, 2.45) is 13.0 Å². The summed E-state index contributed by atoms with van der Waals surface area (Å²) in [6.07, 6.45) is 5.95. The van der Waals surface area contributed by atoms with Crippen LogP contribution >= 0.6 is 11.6 Å². The minimum atomic E-state index is -0.999. The molecule has 0 amide bonds. The molecule has 0 bridgehead atoms. The minimum Gasteiger partial charge on any atom is -0.489 e. The first-order valence-electron chi connectivity index (χ1n) is 13.3.